The van der Waals surface area contributed by atoms with Crippen LogP contribution in [0.5, 0.6) is 5.75 Å². The largest absolute Gasteiger partial charge is 0.460 e. The second kappa shape index (κ2) is 10.0. The molecule has 0 N–H and O–H groups in total. The lowest BCUT2D eigenvalue weighted by molar-refractivity contribution is -0.112. The first-order valence-electron chi connectivity index (χ1n) is 11.4. The van der Waals surface area contributed by atoms with Crippen molar-refractivity contribution in [2.45, 2.75) is 44.2 Å². The quantitative estimate of drug-likeness (QED) is 0.212. The number of benzene rings is 3. The van der Waals surface area contributed by atoms with E-state index in [0.29, 0.717) is 50.3 Å². The molecule has 3 aromatic carbocycles. The number of thioether (sulfide) groups is 1. The first-order valence-corrected chi connectivity index (χ1v) is 12.7. The molecule has 2 heterocycles. The zero-order valence-corrected chi connectivity index (χ0v) is 20.9. The second-order valence-corrected chi connectivity index (χ2v) is 10.3. The third kappa shape index (κ3) is 5.08. The van der Waals surface area contributed by atoms with Gasteiger partial charge in [0.1, 0.15) is 11.6 Å². The van der Waals surface area contributed by atoms with Crippen LogP contribution in [0.15, 0.2) is 70.6 Å². The predicted molar refractivity (Wildman–Crippen MR) is 136 cm³/mol. The molecule has 1 aliphatic heterocycles. The molecule has 0 aliphatic carbocycles. The first-order chi connectivity index (χ1) is 16.9. The zero-order valence-electron chi connectivity index (χ0n) is 19.3. The minimum atomic E-state index is -0.571. The van der Waals surface area contributed by atoms with Gasteiger partial charge in [0.2, 0.25) is 6.29 Å². The Bertz CT molecular complexity index is 1440. The van der Waals surface area contributed by atoms with Crippen molar-refractivity contribution in [3.05, 3.63) is 98.5 Å². The van der Waals surface area contributed by atoms with Crippen molar-refractivity contribution in [3.63, 3.8) is 0 Å². The van der Waals surface area contributed by atoms with Crippen molar-refractivity contribution in [1.29, 1.82) is 0 Å². The summed E-state index contributed by atoms with van der Waals surface area (Å²) in [7, 11) is 0. The highest BCUT2D eigenvalue weighted by Gasteiger charge is 2.25. The number of hydrogen-bond acceptors (Lipinski definition) is 5. The van der Waals surface area contributed by atoms with Crippen LogP contribution in [-0.4, -0.2) is 9.55 Å². The topological polar surface area (TPSA) is 53.4 Å². The van der Waals surface area contributed by atoms with Crippen LogP contribution < -0.4 is 10.3 Å². The van der Waals surface area contributed by atoms with Gasteiger partial charge >= 0.3 is 0 Å². The second-order valence-electron chi connectivity index (χ2n) is 8.88. The van der Waals surface area contributed by atoms with Gasteiger partial charge in [0.25, 0.3) is 5.56 Å². The maximum Gasteiger partial charge on any atom is 0.262 e. The Morgan fingerprint density at radius 3 is 2.74 bits per heavy atom. The smallest absolute Gasteiger partial charge is 0.262 e. The van der Waals surface area contributed by atoms with Crippen molar-refractivity contribution >= 4 is 34.3 Å². The van der Waals surface area contributed by atoms with Gasteiger partial charge in [-0.3, -0.25) is 9.36 Å². The summed E-state index contributed by atoms with van der Waals surface area (Å²) in [6.45, 7) is 4.87. The van der Waals surface area contributed by atoms with Crippen LogP contribution in [0, 0.1) is 11.7 Å². The Labute approximate surface area is 211 Å². The van der Waals surface area contributed by atoms with Gasteiger partial charge in [-0.2, -0.15) is 0 Å². The molecule has 5 rings (SSSR count). The predicted octanol–water partition coefficient (Wildman–Crippen LogP) is 6.75. The minimum absolute atomic E-state index is 0.113. The van der Waals surface area contributed by atoms with E-state index in [9.17, 15) is 9.18 Å². The lowest BCUT2D eigenvalue weighted by atomic mass is 10.1. The molecule has 1 aliphatic rings. The molecule has 0 saturated carbocycles. The van der Waals surface area contributed by atoms with E-state index in [2.05, 4.69) is 0 Å². The Morgan fingerprint density at radius 1 is 1.17 bits per heavy atom. The summed E-state index contributed by atoms with van der Waals surface area (Å²) in [6, 6.07) is 17.6. The minimum Gasteiger partial charge on any atom is -0.460 e. The van der Waals surface area contributed by atoms with Crippen molar-refractivity contribution < 1.29 is 13.9 Å². The summed E-state index contributed by atoms with van der Waals surface area (Å²) in [5.41, 5.74) is 2.66. The van der Waals surface area contributed by atoms with Gasteiger partial charge < -0.3 is 9.47 Å². The molecule has 8 heteroatoms. The number of fused-ring (bicyclic) bond motifs is 2. The van der Waals surface area contributed by atoms with Crippen LogP contribution in [0.1, 0.15) is 36.8 Å². The number of rotatable bonds is 6. The Morgan fingerprint density at radius 2 is 1.97 bits per heavy atom. The molecule has 0 unspecified atom stereocenters. The van der Waals surface area contributed by atoms with Gasteiger partial charge in [-0.05, 0) is 36.2 Å². The lowest BCUT2D eigenvalue weighted by Crippen LogP contribution is -2.25. The molecule has 5 nitrogen and oxygen atoms in total. The highest BCUT2D eigenvalue weighted by Crippen LogP contribution is 2.39. The van der Waals surface area contributed by atoms with E-state index in [1.165, 1.54) is 23.9 Å². The standard InChI is InChI=1S/C27H24ClFN2O3S/c1-16(2)13-31-25(32)22-9-8-20(28)12-23(22)30-27(31)35-15-19-11-21(29)10-18-14-33-26(34-24(18)19)17-6-4-3-5-7-17/h3-12,16,26H,13-15H2,1-2H3/t26-/m1/s1. The van der Waals surface area contributed by atoms with E-state index >= 15 is 0 Å². The Balaban J connectivity index is 1.50. The number of nitrogens with zero attached hydrogens (tertiary/aromatic N) is 2. The van der Waals surface area contributed by atoms with Crippen molar-refractivity contribution in [2.75, 3.05) is 0 Å². The first kappa shape index (κ1) is 23.9. The van der Waals surface area contributed by atoms with Gasteiger partial charge in [0, 0.05) is 34.0 Å². The van der Waals surface area contributed by atoms with Gasteiger partial charge in [-0.25, -0.2) is 9.37 Å². The van der Waals surface area contributed by atoms with E-state index < -0.39 is 6.29 Å². The summed E-state index contributed by atoms with van der Waals surface area (Å²) in [5.74, 6) is 0.869. The maximum absolute atomic E-state index is 14.5. The molecule has 0 saturated heterocycles. The van der Waals surface area contributed by atoms with E-state index in [4.69, 9.17) is 26.1 Å². The third-order valence-electron chi connectivity index (χ3n) is 5.68. The monoisotopic (exact) mass is 510 g/mol. The van der Waals surface area contributed by atoms with Crippen molar-refractivity contribution in [2.24, 2.45) is 5.92 Å². The van der Waals surface area contributed by atoms with E-state index in [1.807, 2.05) is 44.2 Å². The highest BCUT2D eigenvalue weighted by atomic mass is 35.5. The average Bonchev–Trinajstić information content (AvgIpc) is 2.84. The van der Waals surface area contributed by atoms with Gasteiger partial charge in [-0.1, -0.05) is 67.5 Å². The van der Waals surface area contributed by atoms with Crippen LogP contribution in [0.25, 0.3) is 10.9 Å². The van der Waals surface area contributed by atoms with Crippen LogP contribution in [-0.2, 0) is 23.6 Å². The average molecular weight is 511 g/mol. The zero-order chi connectivity index (χ0) is 24.5. The van der Waals surface area contributed by atoms with Crippen molar-refractivity contribution in [1.82, 2.24) is 9.55 Å². The SMILES string of the molecule is CC(C)Cn1c(SCc2cc(F)cc3c2O[C@H](c2ccccc2)OC3)nc2cc(Cl)ccc2c1=O. The summed E-state index contributed by atoms with van der Waals surface area (Å²) in [4.78, 5) is 18.0. The molecule has 1 atom stereocenters. The van der Waals surface area contributed by atoms with Gasteiger partial charge in [0.15, 0.2) is 5.16 Å². The van der Waals surface area contributed by atoms with Gasteiger partial charge in [-0.15, -0.1) is 0 Å². The maximum atomic E-state index is 14.5. The fourth-order valence-electron chi connectivity index (χ4n) is 4.11. The van der Waals surface area contributed by atoms with Crippen LogP contribution in [0.3, 0.4) is 0 Å². The summed E-state index contributed by atoms with van der Waals surface area (Å²) in [6.07, 6.45) is -0.571. The number of aromatic nitrogens is 2. The molecule has 0 amide bonds. The Kier molecular flexibility index (Phi) is 6.82. The molecule has 0 bridgehead atoms. The lowest BCUT2D eigenvalue weighted by Gasteiger charge is -2.28. The molecule has 0 spiro atoms. The Hall–Kier alpha value is -2.87. The van der Waals surface area contributed by atoms with Gasteiger partial charge in [0.05, 0.1) is 17.5 Å². The molecule has 35 heavy (non-hydrogen) atoms. The number of ether oxygens (including phenoxy) is 2. The molecule has 4 aromatic rings. The molecule has 180 valence electrons. The third-order valence-corrected chi connectivity index (χ3v) is 6.94. The van der Waals surface area contributed by atoms with E-state index in [1.54, 1.807) is 22.8 Å². The summed E-state index contributed by atoms with van der Waals surface area (Å²) in [5, 5.41) is 1.60. The fraction of sp³-hybridized carbons (Fsp3) is 0.259. The summed E-state index contributed by atoms with van der Waals surface area (Å²) < 4.78 is 28.2. The van der Waals surface area contributed by atoms with E-state index in [-0.39, 0.29) is 23.9 Å². The highest BCUT2D eigenvalue weighted by molar-refractivity contribution is 7.98. The van der Waals surface area contributed by atoms with Crippen molar-refractivity contribution in [3.8, 4) is 5.75 Å². The fourth-order valence-corrected chi connectivity index (χ4v) is 5.25. The molecule has 0 radical (unpaired) electrons. The van der Waals surface area contributed by atoms with E-state index in [0.717, 1.165) is 5.56 Å². The van der Waals surface area contributed by atoms with Crippen LogP contribution >= 0.6 is 23.4 Å². The number of hydrogen-bond donors (Lipinski definition) is 0. The molecular formula is C27H24ClFN2O3S. The molecule has 0 fully saturated rings. The summed E-state index contributed by atoms with van der Waals surface area (Å²) >= 11 is 7.53. The molecular weight excluding hydrogens is 487 g/mol. The molecule has 1 aromatic heterocycles. The normalized spacial score (nSPS) is 15.3. The van der Waals surface area contributed by atoms with Crippen LogP contribution in [0.4, 0.5) is 4.39 Å². The number of halogens is 2. The van der Waals surface area contributed by atoms with Crippen LogP contribution in [0.2, 0.25) is 5.02 Å².